The molecule has 3 rings (SSSR count). The van der Waals surface area contributed by atoms with Crippen LogP contribution in [-0.2, 0) is 17.9 Å². The molecule has 0 bridgehead atoms. The predicted octanol–water partition coefficient (Wildman–Crippen LogP) is 1.80. The highest BCUT2D eigenvalue weighted by Crippen LogP contribution is 2.18. The van der Waals surface area contributed by atoms with Crippen molar-refractivity contribution in [1.29, 1.82) is 0 Å². The molecular formula is C20H20BrN3O4. The van der Waals surface area contributed by atoms with Crippen LogP contribution in [0.15, 0.2) is 62.6 Å². The summed E-state index contributed by atoms with van der Waals surface area (Å²) in [4.78, 5) is 37.8. The number of aliphatic hydroxyl groups excluding tert-OH is 1. The molecule has 0 aliphatic carbocycles. The Bertz CT molecular complexity index is 1140. The summed E-state index contributed by atoms with van der Waals surface area (Å²) >= 11 is 3.37. The minimum atomic E-state index is -0.607. The molecule has 1 heterocycles. The number of nitrogens with zero attached hydrogens (tertiary/aromatic N) is 2. The number of halogens is 1. The molecule has 1 atom stereocenters. The second kappa shape index (κ2) is 8.53. The highest BCUT2D eigenvalue weighted by molar-refractivity contribution is 9.10. The highest BCUT2D eigenvalue weighted by atomic mass is 79.9. The summed E-state index contributed by atoms with van der Waals surface area (Å²) in [6.45, 7) is 1.37. The lowest BCUT2D eigenvalue weighted by molar-refractivity contribution is -0.122. The van der Waals surface area contributed by atoms with Crippen LogP contribution in [-0.4, -0.2) is 26.8 Å². The van der Waals surface area contributed by atoms with Gasteiger partial charge in [0.1, 0.15) is 6.54 Å². The van der Waals surface area contributed by atoms with Crippen molar-refractivity contribution >= 4 is 32.7 Å². The third-order valence-electron chi connectivity index (χ3n) is 4.52. The molecule has 3 aromatic rings. The van der Waals surface area contributed by atoms with Gasteiger partial charge in [-0.3, -0.25) is 18.7 Å². The van der Waals surface area contributed by atoms with E-state index in [4.69, 9.17) is 0 Å². The molecule has 0 aliphatic rings. The molecule has 0 spiro atoms. The van der Waals surface area contributed by atoms with Crippen molar-refractivity contribution in [2.45, 2.75) is 26.1 Å². The van der Waals surface area contributed by atoms with E-state index >= 15 is 0 Å². The van der Waals surface area contributed by atoms with E-state index < -0.39 is 17.6 Å². The normalized spacial score (nSPS) is 12.1. The number of benzene rings is 2. The van der Waals surface area contributed by atoms with E-state index in [0.717, 1.165) is 14.6 Å². The van der Waals surface area contributed by atoms with Crippen molar-refractivity contribution in [3.8, 4) is 0 Å². The Labute approximate surface area is 169 Å². The largest absolute Gasteiger partial charge is 0.394 e. The van der Waals surface area contributed by atoms with E-state index in [1.54, 1.807) is 43.3 Å². The van der Waals surface area contributed by atoms with Crippen LogP contribution in [0.25, 0.3) is 10.9 Å². The van der Waals surface area contributed by atoms with Crippen molar-refractivity contribution in [2.24, 2.45) is 0 Å². The zero-order valence-electron chi connectivity index (χ0n) is 15.3. The van der Waals surface area contributed by atoms with Crippen molar-refractivity contribution in [1.82, 2.24) is 14.5 Å². The molecular weight excluding hydrogens is 426 g/mol. The van der Waals surface area contributed by atoms with Gasteiger partial charge in [-0.25, -0.2) is 4.79 Å². The van der Waals surface area contributed by atoms with Gasteiger partial charge in [-0.1, -0.05) is 40.2 Å². The number of rotatable bonds is 6. The summed E-state index contributed by atoms with van der Waals surface area (Å²) in [5, 5.41) is 12.8. The lowest BCUT2D eigenvalue weighted by atomic mass is 10.1. The number of aliphatic hydroxyl groups is 1. The molecule has 0 fully saturated rings. The number of carbonyl (C=O) groups excluding carboxylic acids is 1. The average Bonchev–Trinajstić information content (AvgIpc) is 2.69. The van der Waals surface area contributed by atoms with Gasteiger partial charge in [-0.15, -0.1) is 0 Å². The minimum absolute atomic E-state index is 0.210. The molecule has 1 unspecified atom stereocenters. The number of amides is 1. The van der Waals surface area contributed by atoms with Crippen LogP contribution in [0.3, 0.4) is 0 Å². The fraction of sp³-hybridized carbons (Fsp3) is 0.250. The van der Waals surface area contributed by atoms with Crippen LogP contribution in [0.2, 0.25) is 0 Å². The molecule has 0 aliphatic heterocycles. The number of para-hydroxylation sites is 1. The number of fused-ring (bicyclic) bond motifs is 1. The van der Waals surface area contributed by atoms with Gasteiger partial charge in [0.15, 0.2) is 0 Å². The molecule has 2 aromatic carbocycles. The average molecular weight is 446 g/mol. The zero-order valence-corrected chi connectivity index (χ0v) is 16.8. The minimum Gasteiger partial charge on any atom is -0.394 e. The Hall–Kier alpha value is -2.71. The Kier molecular flexibility index (Phi) is 6.11. The first kappa shape index (κ1) is 20.0. The van der Waals surface area contributed by atoms with Gasteiger partial charge in [0.25, 0.3) is 5.56 Å². The number of nitrogens with one attached hydrogen (secondary N) is 1. The first-order valence-corrected chi connectivity index (χ1v) is 9.63. The number of carbonyl (C=O) groups is 1. The Balaban J connectivity index is 1.95. The van der Waals surface area contributed by atoms with Crippen molar-refractivity contribution in [3.63, 3.8) is 0 Å². The fourth-order valence-corrected chi connectivity index (χ4v) is 3.56. The molecule has 0 saturated carbocycles. The van der Waals surface area contributed by atoms with Gasteiger partial charge in [-0.2, -0.15) is 0 Å². The van der Waals surface area contributed by atoms with Gasteiger partial charge in [0.2, 0.25) is 5.91 Å². The number of hydrogen-bond acceptors (Lipinski definition) is 4. The smallest absolute Gasteiger partial charge is 0.331 e. The third-order valence-corrected chi connectivity index (χ3v) is 5.01. The summed E-state index contributed by atoms with van der Waals surface area (Å²) in [7, 11) is 0. The molecule has 146 valence electrons. The summed E-state index contributed by atoms with van der Waals surface area (Å²) in [5.74, 6) is -0.437. The van der Waals surface area contributed by atoms with Gasteiger partial charge >= 0.3 is 5.69 Å². The highest BCUT2D eigenvalue weighted by Gasteiger charge is 2.18. The van der Waals surface area contributed by atoms with E-state index in [1.165, 1.54) is 4.57 Å². The standard InChI is InChI=1S/C20H20BrN3O4/c1-2-23-19(27)15-8-3-4-9-17(15)24(20(23)28)11-18(26)22-16(12-25)13-6-5-7-14(21)10-13/h3-10,16,25H,2,11-12H2,1H3,(H,22,26). The van der Waals surface area contributed by atoms with Crippen LogP contribution in [0.5, 0.6) is 0 Å². The van der Waals surface area contributed by atoms with Gasteiger partial charge in [0, 0.05) is 11.0 Å². The van der Waals surface area contributed by atoms with Crippen molar-refractivity contribution < 1.29 is 9.90 Å². The monoisotopic (exact) mass is 445 g/mol. The molecule has 8 heteroatoms. The maximum absolute atomic E-state index is 12.7. The van der Waals surface area contributed by atoms with Crippen LogP contribution >= 0.6 is 15.9 Å². The fourth-order valence-electron chi connectivity index (χ4n) is 3.14. The summed E-state index contributed by atoms with van der Waals surface area (Å²) in [5.41, 5.74) is 0.229. The first-order valence-electron chi connectivity index (χ1n) is 8.84. The second-order valence-electron chi connectivity index (χ2n) is 6.29. The van der Waals surface area contributed by atoms with E-state index in [0.29, 0.717) is 10.9 Å². The van der Waals surface area contributed by atoms with E-state index in [1.807, 2.05) is 12.1 Å². The zero-order chi connectivity index (χ0) is 20.3. The summed E-state index contributed by atoms with van der Waals surface area (Å²) in [6, 6.07) is 13.4. The lowest BCUT2D eigenvalue weighted by Crippen LogP contribution is -2.43. The summed E-state index contributed by atoms with van der Waals surface area (Å²) < 4.78 is 3.22. The van der Waals surface area contributed by atoms with Gasteiger partial charge < -0.3 is 10.4 Å². The molecule has 0 saturated heterocycles. The van der Waals surface area contributed by atoms with Crippen LogP contribution < -0.4 is 16.6 Å². The van der Waals surface area contributed by atoms with E-state index in [-0.39, 0.29) is 25.3 Å². The molecule has 1 aromatic heterocycles. The van der Waals surface area contributed by atoms with Gasteiger partial charge in [-0.05, 0) is 36.8 Å². The molecule has 7 nitrogen and oxygen atoms in total. The molecule has 2 N–H and O–H groups in total. The Morgan fingerprint density at radius 3 is 2.57 bits per heavy atom. The van der Waals surface area contributed by atoms with E-state index in [9.17, 15) is 19.5 Å². The second-order valence-corrected chi connectivity index (χ2v) is 7.21. The summed E-state index contributed by atoms with van der Waals surface area (Å²) in [6.07, 6.45) is 0. The molecule has 0 radical (unpaired) electrons. The predicted molar refractivity (Wildman–Crippen MR) is 110 cm³/mol. The van der Waals surface area contributed by atoms with Crippen LogP contribution in [0.1, 0.15) is 18.5 Å². The maximum Gasteiger partial charge on any atom is 0.331 e. The molecule has 28 heavy (non-hydrogen) atoms. The molecule has 1 amide bonds. The number of hydrogen-bond donors (Lipinski definition) is 2. The lowest BCUT2D eigenvalue weighted by Gasteiger charge is -2.18. The SMILES string of the molecule is CCn1c(=O)c2ccccc2n(CC(=O)NC(CO)c2cccc(Br)c2)c1=O. The Morgan fingerprint density at radius 1 is 1.14 bits per heavy atom. The first-order chi connectivity index (χ1) is 13.5. The van der Waals surface area contributed by atoms with Gasteiger partial charge in [0.05, 0.1) is 23.6 Å². The van der Waals surface area contributed by atoms with Crippen molar-refractivity contribution in [2.75, 3.05) is 6.61 Å². The van der Waals surface area contributed by atoms with Crippen LogP contribution in [0.4, 0.5) is 0 Å². The van der Waals surface area contributed by atoms with Crippen molar-refractivity contribution in [3.05, 3.63) is 79.4 Å². The maximum atomic E-state index is 12.7. The number of aromatic nitrogens is 2. The van der Waals surface area contributed by atoms with Crippen LogP contribution in [0, 0.1) is 0 Å². The Morgan fingerprint density at radius 2 is 1.89 bits per heavy atom. The van der Waals surface area contributed by atoms with E-state index in [2.05, 4.69) is 21.2 Å². The topological polar surface area (TPSA) is 93.3 Å². The third kappa shape index (κ3) is 3.93. The quantitative estimate of drug-likeness (QED) is 0.604.